The van der Waals surface area contributed by atoms with Gasteiger partial charge in [-0.05, 0) is 93.7 Å². The Morgan fingerprint density at radius 3 is 1.39 bits per heavy atom. The van der Waals surface area contributed by atoms with E-state index in [2.05, 4.69) is 90.7 Å². The quantitative estimate of drug-likeness (QED) is 0.286. The fourth-order valence-electron chi connectivity index (χ4n) is 4.83. The second-order valence-corrected chi connectivity index (χ2v) is 14.7. The molecule has 7 rings (SSSR count). The van der Waals surface area contributed by atoms with E-state index in [1.165, 1.54) is 0 Å². The maximum Gasteiger partial charge on any atom is 0.878 e. The number of para-hydroxylation sites is 3. The Balaban J connectivity index is 1.84. The van der Waals surface area contributed by atoms with Crippen LogP contribution < -0.4 is 34.0 Å². The van der Waals surface area contributed by atoms with Gasteiger partial charge in [0.2, 0.25) is 0 Å². The largest absolute Gasteiger partial charge is 0.878 e. The minimum Gasteiger partial charge on any atom is -0.582 e. The maximum absolute atomic E-state index is 6.83. The van der Waals surface area contributed by atoms with Gasteiger partial charge in [0.1, 0.15) is 12.4 Å². The average molecular weight is 646 g/mol. The molecular weight excluding hydrogens is 629 g/mol. The maximum atomic E-state index is 6.83. The van der Waals surface area contributed by atoms with Crippen molar-refractivity contribution in [1.82, 2.24) is 0 Å². The summed E-state index contributed by atoms with van der Waals surface area (Å²) in [4.78, 5) is 0. The van der Waals surface area contributed by atoms with Crippen LogP contribution in [0.4, 0.5) is 0 Å². The van der Waals surface area contributed by atoms with E-state index in [1.54, 1.807) is 0 Å². The lowest BCUT2D eigenvalue weighted by molar-refractivity contribution is -0.584. The Labute approximate surface area is 217 Å². The minimum atomic E-state index is -2.64. The number of nitrogens with zero attached hydrogens (tertiary/aromatic N) is 1. The Morgan fingerprint density at radius 1 is 0.606 bits per heavy atom. The summed E-state index contributed by atoms with van der Waals surface area (Å²) in [5.74, 6) is 2.25. The van der Waals surface area contributed by atoms with E-state index < -0.39 is 15.0 Å². The normalized spacial score (nSPS) is 22.3. The van der Waals surface area contributed by atoms with E-state index in [4.69, 9.17) is 14.0 Å². The zero-order valence-corrected chi connectivity index (χ0v) is 23.2. The second kappa shape index (κ2) is 7.73. The van der Waals surface area contributed by atoms with E-state index in [0.29, 0.717) is 0 Å². The first-order valence-corrected chi connectivity index (χ1v) is 15.4. The van der Waals surface area contributed by atoms with Gasteiger partial charge in [0.15, 0.2) is 8.07 Å². The zero-order valence-electron chi connectivity index (χ0n) is 17.5. The summed E-state index contributed by atoms with van der Waals surface area (Å²) < 4.78 is 25.0. The Hall–Kier alpha value is -2.07. The molecule has 0 spiro atoms. The summed E-state index contributed by atoms with van der Waals surface area (Å²) >= 11 is 11.2. The van der Waals surface area contributed by atoms with Crippen LogP contribution in [0.5, 0.6) is 17.2 Å². The number of rotatable bonds is 1. The Morgan fingerprint density at radius 2 is 1.00 bits per heavy atom. The van der Waals surface area contributed by atoms with Crippen LogP contribution in [0.3, 0.4) is 0 Å². The van der Waals surface area contributed by atoms with Crippen LogP contribution >= 0.6 is 47.8 Å². The van der Waals surface area contributed by atoms with Crippen molar-refractivity contribution < 1.29 is 18.4 Å². The summed E-state index contributed by atoms with van der Waals surface area (Å²) in [6.07, 6.45) is 3.81. The average Bonchev–Trinajstić information content (AvgIpc) is 2.81. The van der Waals surface area contributed by atoms with E-state index in [9.17, 15) is 0 Å². The number of hydrogen-bond donors (Lipinski definition) is 0. The molecule has 0 unspecified atom stereocenters. The van der Waals surface area contributed by atoms with Crippen LogP contribution in [-0.2, 0) is 0 Å². The molecule has 0 radical (unpaired) electrons. The lowest BCUT2D eigenvalue weighted by Gasteiger charge is -2.46. The van der Waals surface area contributed by atoms with Crippen LogP contribution in [0.25, 0.3) is 0 Å². The first kappa shape index (κ1) is 21.5. The third-order valence-electron chi connectivity index (χ3n) is 6.42. The minimum absolute atomic E-state index is 0.749. The molecule has 33 heavy (non-hydrogen) atoms. The first-order chi connectivity index (χ1) is 15.9. The van der Waals surface area contributed by atoms with Crippen LogP contribution in [0.15, 0.2) is 98.6 Å². The van der Waals surface area contributed by atoms with Crippen molar-refractivity contribution in [3.63, 3.8) is 0 Å². The number of pyridine rings is 1. The predicted molar refractivity (Wildman–Crippen MR) is 143 cm³/mol. The van der Waals surface area contributed by atoms with Gasteiger partial charge >= 0.3 is 6.89 Å². The molecule has 3 aromatic carbocycles. The molecule has 4 aromatic rings. The third kappa shape index (κ3) is 3.09. The van der Waals surface area contributed by atoms with Gasteiger partial charge in [0.05, 0.1) is 30.7 Å². The molecule has 164 valence electrons. The molecule has 0 N–H and O–H groups in total. The highest BCUT2D eigenvalue weighted by atomic mass is 79.9. The summed E-state index contributed by atoms with van der Waals surface area (Å²) in [6.45, 7) is -0.208. The predicted octanol–water partition coefficient (Wildman–Crippen LogP) is 4.51. The fourth-order valence-corrected chi connectivity index (χ4v) is 10.9. The van der Waals surface area contributed by atoms with E-state index in [-0.39, 0.29) is 0 Å². The van der Waals surface area contributed by atoms with Gasteiger partial charge in [-0.25, -0.2) is 0 Å². The number of aromatic nitrogens is 1. The highest BCUT2D eigenvalue weighted by Crippen LogP contribution is 2.39. The van der Waals surface area contributed by atoms with Gasteiger partial charge in [-0.15, -0.1) is 0 Å². The lowest BCUT2D eigenvalue weighted by Crippen LogP contribution is -2.81. The molecule has 0 atom stereocenters. The molecule has 0 amide bonds. The van der Waals surface area contributed by atoms with E-state index in [0.717, 1.165) is 46.2 Å². The van der Waals surface area contributed by atoms with Crippen molar-refractivity contribution in [2.75, 3.05) is 0 Å². The van der Waals surface area contributed by atoms with Gasteiger partial charge in [0, 0.05) is 0 Å². The molecule has 1 aromatic heterocycles. The molecule has 3 aliphatic heterocycles. The summed E-state index contributed by atoms with van der Waals surface area (Å²) in [5.41, 5.74) is 0. The van der Waals surface area contributed by atoms with Crippen LogP contribution in [0, 0.1) is 0 Å². The summed E-state index contributed by atoms with van der Waals surface area (Å²) in [6, 6.07) is 24.6. The molecule has 4 heterocycles. The van der Waals surface area contributed by atoms with Crippen molar-refractivity contribution in [2.45, 2.75) is 6.55 Å². The van der Waals surface area contributed by atoms with Gasteiger partial charge < -0.3 is 18.4 Å². The van der Waals surface area contributed by atoms with E-state index >= 15 is 0 Å². The highest BCUT2D eigenvalue weighted by molar-refractivity contribution is 9.11. The smallest absolute Gasteiger partial charge is 0.582 e. The van der Waals surface area contributed by atoms with Crippen molar-refractivity contribution >= 4 is 78.3 Å². The molecule has 3 aliphatic rings. The van der Waals surface area contributed by atoms with Crippen molar-refractivity contribution in [1.29, 1.82) is 0 Å². The molecule has 4 nitrogen and oxygen atoms in total. The monoisotopic (exact) mass is 643 g/mol. The summed E-state index contributed by atoms with van der Waals surface area (Å²) in [5, 5.41) is 3.47. The number of benzene rings is 3. The molecule has 2 bridgehead atoms. The third-order valence-corrected chi connectivity index (χ3v) is 12.7. The zero-order chi connectivity index (χ0) is 22.8. The second-order valence-electron chi connectivity index (χ2n) is 8.26. The van der Waals surface area contributed by atoms with Gasteiger partial charge in [0.25, 0.3) is 0 Å². The van der Waals surface area contributed by atoms with E-state index in [1.807, 2.05) is 53.3 Å². The van der Waals surface area contributed by atoms with Gasteiger partial charge in [-0.1, -0.05) is 49.0 Å². The summed E-state index contributed by atoms with van der Waals surface area (Å²) in [7, 11) is -2.64. The highest BCUT2D eigenvalue weighted by Gasteiger charge is 2.59. The molecule has 9 heteroatoms. The van der Waals surface area contributed by atoms with Gasteiger partial charge in [-0.3, -0.25) is 0 Å². The van der Waals surface area contributed by atoms with Crippen molar-refractivity contribution in [2.24, 2.45) is 0 Å². The molecule has 0 aliphatic carbocycles. The molecule has 0 fully saturated rings. The molecule has 0 saturated carbocycles. The standard InChI is InChI=1S/C24H17BBr3NO3Si/c1-33-19-11-5-8-16(26)22(19)30-25(29-14-3-2-4-15-29,31-23-17(27)9-6-12-20(23)33)32-24-18(28)10-7-13-21(24)33/h2-15H,1H3. The molecular formula is C24H17BBr3NO3Si. The van der Waals surface area contributed by atoms with Gasteiger partial charge in [-0.2, -0.15) is 0 Å². The number of halogens is 3. The lowest BCUT2D eigenvalue weighted by atomic mass is 9.93. The van der Waals surface area contributed by atoms with Crippen molar-refractivity contribution in [3.05, 3.63) is 98.6 Å². The van der Waals surface area contributed by atoms with Crippen LogP contribution in [0.2, 0.25) is 6.55 Å². The fraction of sp³-hybridized carbons (Fsp3) is 0.0417. The SMILES string of the molecule is C[Si]12c3cccc(Br)c3O[B-]([n+]3ccccc3)(Oc3c(Br)cccc31)Oc1c(Br)cccc12. The first-order valence-electron chi connectivity index (χ1n) is 10.5. The molecule has 0 saturated heterocycles. The van der Waals surface area contributed by atoms with Crippen LogP contribution in [0.1, 0.15) is 0 Å². The Kier molecular flexibility index (Phi) is 5.03. The topological polar surface area (TPSA) is 31.6 Å². The van der Waals surface area contributed by atoms with Crippen molar-refractivity contribution in [3.8, 4) is 17.2 Å². The number of hydrogen-bond acceptors (Lipinski definition) is 3. The van der Waals surface area contributed by atoms with Crippen LogP contribution in [-0.4, -0.2) is 15.0 Å². The Bertz CT molecular complexity index is 1280.